The summed E-state index contributed by atoms with van der Waals surface area (Å²) in [6, 6.07) is 15.6. The van der Waals surface area contributed by atoms with Gasteiger partial charge in [0.2, 0.25) is 5.91 Å². The molecule has 0 aliphatic carbocycles. The molecule has 6 nitrogen and oxygen atoms in total. The van der Waals surface area contributed by atoms with Crippen molar-refractivity contribution in [2.24, 2.45) is 0 Å². The van der Waals surface area contributed by atoms with Gasteiger partial charge in [0.1, 0.15) is 5.75 Å². The zero-order valence-corrected chi connectivity index (χ0v) is 15.4. The number of amides is 1. The monoisotopic (exact) mass is 363 g/mol. The summed E-state index contributed by atoms with van der Waals surface area (Å²) in [5.74, 6) is 1.62. The molecule has 27 heavy (non-hydrogen) atoms. The smallest absolute Gasteiger partial charge is 0.261 e. The van der Waals surface area contributed by atoms with Gasteiger partial charge in [-0.05, 0) is 36.2 Å². The lowest BCUT2D eigenvalue weighted by atomic mass is 10.1. The van der Waals surface area contributed by atoms with Gasteiger partial charge in [0, 0.05) is 24.6 Å². The molecule has 1 aliphatic rings. The number of para-hydroxylation sites is 1. The molecule has 1 unspecified atom stereocenters. The van der Waals surface area contributed by atoms with Crippen LogP contribution >= 0.6 is 0 Å². The second kappa shape index (κ2) is 7.23. The van der Waals surface area contributed by atoms with E-state index in [0.29, 0.717) is 30.4 Å². The Balaban J connectivity index is 1.55. The predicted molar refractivity (Wildman–Crippen MR) is 102 cm³/mol. The number of benzene rings is 2. The van der Waals surface area contributed by atoms with Crippen molar-refractivity contribution in [1.82, 2.24) is 10.1 Å². The third kappa shape index (κ3) is 3.30. The molecule has 1 atom stereocenters. The molecule has 6 heteroatoms. The third-order valence-electron chi connectivity index (χ3n) is 4.93. The van der Waals surface area contributed by atoms with Gasteiger partial charge in [-0.2, -0.15) is 4.98 Å². The van der Waals surface area contributed by atoms with Gasteiger partial charge in [-0.15, -0.1) is 0 Å². The highest BCUT2D eigenvalue weighted by atomic mass is 16.5. The summed E-state index contributed by atoms with van der Waals surface area (Å²) in [4.78, 5) is 18.8. The van der Waals surface area contributed by atoms with E-state index in [2.05, 4.69) is 29.2 Å². The minimum Gasteiger partial charge on any atom is -0.496 e. The van der Waals surface area contributed by atoms with Gasteiger partial charge in [0.25, 0.3) is 5.89 Å². The van der Waals surface area contributed by atoms with Gasteiger partial charge in [-0.3, -0.25) is 4.79 Å². The molecule has 1 aliphatic heterocycles. The molecule has 2 aromatic carbocycles. The number of aromatic nitrogens is 2. The summed E-state index contributed by atoms with van der Waals surface area (Å²) >= 11 is 0. The highest BCUT2D eigenvalue weighted by molar-refractivity contribution is 5.96. The molecular weight excluding hydrogens is 342 g/mol. The Morgan fingerprint density at radius 1 is 1.19 bits per heavy atom. The summed E-state index contributed by atoms with van der Waals surface area (Å²) in [6.45, 7) is 2.66. The quantitative estimate of drug-likeness (QED) is 0.689. The zero-order chi connectivity index (χ0) is 18.8. The molecule has 4 rings (SSSR count). The van der Waals surface area contributed by atoms with Crippen LogP contribution in [-0.2, 0) is 11.2 Å². The predicted octanol–water partition coefficient (Wildman–Crippen LogP) is 3.83. The van der Waals surface area contributed by atoms with E-state index in [0.717, 1.165) is 17.7 Å². The van der Waals surface area contributed by atoms with Crippen LogP contribution in [0.3, 0.4) is 0 Å². The van der Waals surface area contributed by atoms with Crippen LogP contribution < -0.4 is 9.64 Å². The Bertz CT molecular complexity index is 949. The lowest BCUT2D eigenvalue weighted by Gasteiger charge is -2.16. The van der Waals surface area contributed by atoms with Crippen molar-refractivity contribution in [3.05, 3.63) is 59.9 Å². The molecule has 0 bridgehead atoms. The molecule has 0 spiro atoms. The van der Waals surface area contributed by atoms with Crippen LogP contribution in [0.25, 0.3) is 11.5 Å². The van der Waals surface area contributed by atoms with Gasteiger partial charge in [-0.25, -0.2) is 0 Å². The van der Waals surface area contributed by atoms with Crippen molar-refractivity contribution >= 4 is 11.6 Å². The number of hydrogen-bond acceptors (Lipinski definition) is 5. The SMILES string of the molecule is CCc1ccc(N2CC(c3noc(-c4ccccc4OC)n3)CC2=O)cc1. The van der Waals surface area contributed by atoms with Crippen molar-refractivity contribution in [2.75, 3.05) is 18.6 Å². The number of carbonyl (C=O) groups is 1. The highest BCUT2D eigenvalue weighted by Gasteiger charge is 2.34. The number of rotatable bonds is 5. The van der Waals surface area contributed by atoms with Crippen LogP contribution in [-0.4, -0.2) is 29.7 Å². The summed E-state index contributed by atoms with van der Waals surface area (Å²) in [5.41, 5.74) is 2.91. The average molecular weight is 363 g/mol. The van der Waals surface area contributed by atoms with Crippen molar-refractivity contribution in [3.63, 3.8) is 0 Å². The molecule has 0 saturated carbocycles. The molecular formula is C21H21N3O3. The molecule has 3 aromatic rings. The third-order valence-corrected chi connectivity index (χ3v) is 4.93. The Morgan fingerprint density at radius 3 is 2.70 bits per heavy atom. The van der Waals surface area contributed by atoms with Gasteiger partial charge < -0.3 is 14.2 Å². The normalized spacial score (nSPS) is 16.7. The van der Waals surface area contributed by atoms with Crippen molar-refractivity contribution in [3.8, 4) is 17.2 Å². The maximum atomic E-state index is 12.5. The van der Waals surface area contributed by atoms with E-state index < -0.39 is 0 Å². The largest absolute Gasteiger partial charge is 0.496 e. The lowest BCUT2D eigenvalue weighted by molar-refractivity contribution is -0.117. The molecule has 1 aromatic heterocycles. The minimum absolute atomic E-state index is 0.0768. The standard InChI is InChI=1S/C21H21N3O3/c1-3-14-8-10-16(11-9-14)24-13-15(12-19(24)25)20-22-21(27-23-20)17-6-4-5-7-18(17)26-2/h4-11,15H,3,12-13H2,1-2H3. The van der Waals surface area contributed by atoms with E-state index in [1.807, 2.05) is 36.4 Å². The first-order valence-corrected chi connectivity index (χ1v) is 9.06. The van der Waals surface area contributed by atoms with Gasteiger partial charge in [0.05, 0.1) is 12.7 Å². The second-order valence-electron chi connectivity index (χ2n) is 6.58. The van der Waals surface area contributed by atoms with E-state index in [1.165, 1.54) is 5.56 Å². The van der Waals surface area contributed by atoms with Gasteiger partial charge >= 0.3 is 0 Å². The molecule has 0 N–H and O–H groups in total. The van der Waals surface area contributed by atoms with Crippen molar-refractivity contribution in [1.29, 1.82) is 0 Å². The summed E-state index contributed by atoms with van der Waals surface area (Å²) < 4.78 is 10.8. The van der Waals surface area contributed by atoms with E-state index >= 15 is 0 Å². The van der Waals surface area contributed by atoms with Crippen LogP contribution in [0.15, 0.2) is 53.1 Å². The topological polar surface area (TPSA) is 68.5 Å². The van der Waals surface area contributed by atoms with Crippen LogP contribution in [0, 0.1) is 0 Å². The lowest BCUT2D eigenvalue weighted by Crippen LogP contribution is -2.24. The average Bonchev–Trinajstić information content (AvgIpc) is 3.35. The highest BCUT2D eigenvalue weighted by Crippen LogP contribution is 2.33. The Hall–Kier alpha value is -3.15. The zero-order valence-electron chi connectivity index (χ0n) is 15.4. The van der Waals surface area contributed by atoms with E-state index in [4.69, 9.17) is 9.26 Å². The number of carbonyl (C=O) groups excluding carboxylic acids is 1. The van der Waals surface area contributed by atoms with E-state index in [1.54, 1.807) is 12.0 Å². The fraction of sp³-hybridized carbons (Fsp3) is 0.286. The van der Waals surface area contributed by atoms with Crippen LogP contribution in [0.4, 0.5) is 5.69 Å². The first kappa shape index (κ1) is 17.3. The maximum absolute atomic E-state index is 12.5. The molecule has 138 valence electrons. The molecule has 1 amide bonds. The molecule has 1 fully saturated rings. The van der Waals surface area contributed by atoms with Crippen LogP contribution in [0.5, 0.6) is 5.75 Å². The number of anilines is 1. The summed E-state index contributed by atoms with van der Waals surface area (Å²) in [7, 11) is 1.60. The van der Waals surface area contributed by atoms with Gasteiger partial charge in [-0.1, -0.05) is 36.3 Å². The van der Waals surface area contributed by atoms with E-state index in [9.17, 15) is 4.79 Å². The van der Waals surface area contributed by atoms with Crippen LogP contribution in [0.1, 0.15) is 30.7 Å². The molecule has 0 radical (unpaired) electrons. The Morgan fingerprint density at radius 2 is 1.96 bits per heavy atom. The summed E-state index contributed by atoms with van der Waals surface area (Å²) in [5, 5.41) is 4.12. The fourth-order valence-corrected chi connectivity index (χ4v) is 3.37. The minimum atomic E-state index is -0.0874. The van der Waals surface area contributed by atoms with Crippen molar-refractivity contribution < 1.29 is 14.1 Å². The second-order valence-corrected chi connectivity index (χ2v) is 6.58. The van der Waals surface area contributed by atoms with Crippen LogP contribution in [0.2, 0.25) is 0 Å². The van der Waals surface area contributed by atoms with E-state index in [-0.39, 0.29) is 11.8 Å². The fourth-order valence-electron chi connectivity index (χ4n) is 3.37. The van der Waals surface area contributed by atoms with Gasteiger partial charge in [0.15, 0.2) is 5.82 Å². The Labute approximate surface area is 157 Å². The maximum Gasteiger partial charge on any atom is 0.261 e. The Kier molecular flexibility index (Phi) is 4.62. The first-order valence-electron chi connectivity index (χ1n) is 9.06. The number of nitrogens with zero attached hydrogens (tertiary/aromatic N) is 3. The number of hydrogen-bond donors (Lipinski definition) is 0. The number of ether oxygens (including phenoxy) is 1. The van der Waals surface area contributed by atoms with Crippen molar-refractivity contribution in [2.45, 2.75) is 25.7 Å². The summed E-state index contributed by atoms with van der Waals surface area (Å²) in [6.07, 6.45) is 1.35. The molecule has 1 saturated heterocycles. The number of methoxy groups -OCH3 is 1. The number of aryl methyl sites for hydroxylation is 1. The molecule has 2 heterocycles. The first-order chi connectivity index (χ1) is 13.2.